The summed E-state index contributed by atoms with van der Waals surface area (Å²) in [5, 5.41) is 6.71. The molecule has 0 unspecified atom stereocenters. The Bertz CT molecular complexity index is 565. The second-order valence-electron chi connectivity index (χ2n) is 3.75. The van der Waals surface area contributed by atoms with Gasteiger partial charge in [-0.1, -0.05) is 12.1 Å². The number of rotatable bonds is 4. The van der Waals surface area contributed by atoms with Gasteiger partial charge in [0.2, 0.25) is 11.9 Å². The molecule has 0 aliphatic rings. The normalized spacial score (nSPS) is 10.4. The number of hydrogen-bond donors (Lipinski definition) is 2. The lowest BCUT2D eigenvalue weighted by atomic mass is 10.2. The summed E-state index contributed by atoms with van der Waals surface area (Å²) < 4.78 is 0. The molecule has 0 aliphatic carbocycles. The summed E-state index contributed by atoms with van der Waals surface area (Å²) >= 11 is 0. The van der Waals surface area contributed by atoms with Crippen LogP contribution in [0.3, 0.4) is 0 Å². The van der Waals surface area contributed by atoms with E-state index in [1.54, 1.807) is 24.7 Å². The minimum atomic E-state index is -0.0932. The van der Waals surface area contributed by atoms with Crippen LogP contribution in [0, 0.1) is 0 Å². The minimum absolute atomic E-state index is 0.0932. The first-order valence-corrected chi connectivity index (χ1v) is 5.68. The van der Waals surface area contributed by atoms with Crippen molar-refractivity contribution in [1.82, 2.24) is 9.97 Å². The van der Waals surface area contributed by atoms with Crippen molar-refractivity contribution < 1.29 is 4.79 Å². The Morgan fingerprint density at radius 2 is 1.89 bits per heavy atom. The Hall–Kier alpha value is -2.76. The summed E-state index contributed by atoms with van der Waals surface area (Å²) in [6, 6.07) is 9.05. The van der Waals surface area contributed by atoms with Gasteiger partial charge in [0.05, 0.1) is 6.21 Å². The van der Waals surface area contributed by atoms with Gasteiger partial charge < -0.3 is 5.32 Å². The van der Waals surface area contributed by atoms with Crippen molar-refractivity contribution in [3.8, 4) is 0 Å². The predicted molar refractivity (Wildman–Crippen MR) is 74.0 cm³/mol. The van der Waals surface area contributed by atoms with Gasteiger partial charge >= 0.3 is 0 Å². The second-order valence-corrected chi connectivity index (χ2v) is 3.75. The van der Waals surface area contributed by atoms with Gasteiger partial charge in [0.1, 0.15) is 0 Å². The Morgan fingerprint density at radius 3 is 2.53 bits per heavy atom. The average Bonchev–Trinajstić information content (AvgIpc) is 2.41. The molecule has 96 valence electrons. The van der Waals surface area contributed by atoms with E-state index in [1.807, 2.05) is 24.3 Å². The van der Waals surface area contributed by atoms with Crippen molar-refractivity contribution >= 4 is 23.8 Å². The fourth-order valence-corrected chi connectivity index (χ4v) is 1.38. The summed E-state index contributed by atoms with van der Waals surface area (Å²) in [4.78, 5) is 18.8. The van der Waals surface area contributed by atoms with E-state index in [0.29, 0.717) is 5.95 Å². The molecule has 1 aromatic heterocycles. The van der Waals surface area contributed by atoms with E-state index in [9.17, 15) is 4.79 Å². The largest absolute Gasteiger partial charge is 0.326 e. The van der Waals surface area contributed by atoms with Crippen molar-refractivity contribution in [1.29, 1.82) is 0 Å². The Labute approximate surface area is 110 Å². The van der Waals surface area contributed by atoms with Crippen LogP contribution in [0.4, 0.5) is 11.6 Å². The fourth-order valence-electron chi connectivity index (χ4n) is 1.38. The fraction of sp³-hybridized carbons (Fsp3) is 0.0769. The van der Waals surface area contributed by atoms with Gasteiger partial charge in [-0.2, -0.15) is 5.10 Å². The van der Waals surface area contributed by atoms with Crippen LogP contribution in [0.15, 0.2) is 47.8 Å². The van der Waals surface area contributed by atoms with Crippen LogP contribution in [-0.4, -0.2) is 22.1 Å². The molecule has 6 heteroatoms. The van der Waals surface area contributed by atoms with Gasteiger partial charge in [0, 0.05) is 25.0 Å². The van der Waals surface area contributed by atoms with Crippen LogP contribution in [0.25, 0.3) is 0 Å². The van der Waals surface area contributed by atoms with Gasteiger partial charge in [0.15, 0.2) is 0 Å². The maximum absolute atomic E-state index is 10.9. The highest BCUT2D eigenvalue weighted by Crippen LogP contribution is 2.08. The number of carbonyl (C=O) groups excluding carboxylic acids is 1. The Kier molecular flexibility index (Phi) is 4.17. The van der Waals surface area contributed by atoms with E-state index in [-0.39, 0.29) is 5.91 Å². The zero-order valence-electron chi connectivity index (χ0n) is 10.4. The third kappa shape index (κ3) is 4.19. The van der Waals surface area contributed by atoms with Crippen LogP contribution in [-0.2, 0) is 4.79 Å². The first-order chi connectivity index (χ1) is 9.24. The molecule has 1 heterocycles. The average molecular weight is 255 g/mol. The zero-order valence-corrected chi connectivity index (χ0v) is 10.4. The van der Waals surface area contributed by atoms with E-state index in [4.69, 9.17) is 0 Å². The number of amides is 1. The highest BCUT2D eigenvalue weighted by Gasteiger charge is 1.95. The molecule has 0 saturated carbocycles. The monoisotopic (exact) mass is 255 g/mol. The lowest BCUT2D eigenvalue weighted by Crippen LogP contribution is -2.05. The number of hydrogen-bond acceptors (Lipinski definition) is 5. The molecule has 0 spiro atoms. The van der Waals surface area contributed by atoms with E-state index < -0.39 is 0 Å². The molecule has 1 aromatic carbocycles. The maximum atomic E-state index is 10.9. The van der Waals surface area contributed by atoms with Crippen LogP contribution < -0.4 is 10.7 Å². The standard InChI is InChI=1S/C13H13N5O/c1-10(19)17-12-5-3-11(4-6-12)9-16-18-13-14-7-2-8-15-13/h2-9H,1H3,(H,17,19)(H,14,15,18). The van der Waals surface area contributed by atoms with Crippen molar-refractivity contribution in [2.24, 2.45) is 5.10 Å². The molecule has 0 aliphatic heterocycles. The quantitative estimate of drug-likeness (QED) is 0.645. The smallest absolute Gasteiger partial charge is 0.243 e. The number of nitrogens with one attached hydrogen (secondary N) is 2. The third-order valence-corrected chi connectivity index (χ3v) is 2.17. The highest BCUT2D eigenvalue weighted by molar-refractivity contribution is 5.89. The molecule has 1 amide bonds. The summed E-state index contributed by atoms with van der Waals surface area (Å²) in [5.41, 5.74) is 4.37. The lowest BCUT2D eigenvalue weighted by molar-refractivity contribution is -0.114. The number of aromatic nitrogens is 2. The van der Waals surface area contributed by atoms with Gasteiger partial charge in [-0.05, 0) is 23.8 Å². The van der Waals surface area contributed by atoms with Crippen LogP contribution in [0.5, 0.6) is 0 Å². The lowest BCUT2D eigenvalue weighted by Gasteiger charge is -2.01. The van der Waals surface area contributed by atoms with Crippen LogP contribution in [0.1, 0.15) is 12.5 Å². The van der Waals surface area contributed by atoms with E-state index in [1.165, 1.54) is 6.92 Å². The van der Waals surface area contributed by atoms with E-state index in [2.05, 4.69) is 25.8 Å². The molecule has 0 radical (unpaired) electrons. The Morgan fingerprint density at radius 1 is 1.21 bits per heavy atom. The van der Waals surface area contributed by atoms with Gasteiger partial charge in [-0.3, -0.25) is 4.79 Å². The van der Waals surface area contributed by atoms with Crippen molar-refractivity contribution in [2.45, 2.75) is 6.92 Å². The topological polar surface area (TPSA) is 79.3 Å². The first kappa shape index (κ1) is 12.7. The Balaban J connectivity index is 1.94. The number of nitrogens with zero attached hydrogens (tertiary/aromatic N) is 3. The highest BCUT2D eigenvalue weighted by atomic mass is 16.1. The number of hydrazone groups is 1. The SMILES string of the molecule is CC(=O)Nc1ccc(C=NNc2ncccn2)cc1. The molecule has 2 N–H and O–H groups in total. The molecule has 2 aromatic rings. The number of carbonyl (C=O) groups is 1. The van der Waals surface area contributed by atoms with Gasteiger partial charge in [-0.15, -0.1) is 0 Å². The van der Waals surface area contributed by atoms with E-state index in [0.717, 1.165) is 11.3 Å². The summed E-state index contributed by atoms with van der Waals surface area (Å²) in [7, 11) is 0. The molecule has 0 bridgehead atoms. The molecular formula is C13H13N5O. The molecule has 2 rings (SSSR count). The molecule has 0 fully saturated rings. The van der Waals surface area contributed by atoms with Gasteiger partial charge in [-0.25, -0.2) is 15.4 Å². The molecule has 0 atom stereocenters. The molecule has 19 heavy (non-hydrogen) atoms. The molecule has 6 nitrogen and oxygen atoms in total. The first-order valence-electron chi connectivity index (χ1n) is 5.68. The third-order valence-electron chi connectivity index (χ3n) is 2.17. The van der Waals surface area contributed by atoms with Gasteiger partial charge in [0.25, 0.3) is 0 Å². The van der Waals surface area contributed by atoms with Crippen molar-refractivity contribution in [3.05, 3.63) is 48.3 Å². The van der Waals surface area contributed by atoms with E-state index >= 15 is 0 Å². The van der Waals surface area contributed by atoms with Crippen molar-refractivity contribution in [3.63, 3.8) is 0 Å². The molecule has 0 saturated heterocycles. The zero-order chi connectivity index (χ0) is 13.5. The van der Waals surface area contributed by atoms with Crippen LogP contribution >= 0.6 is 0 Å². The summed E-state index contributed by atoms with van der Waals surface area (Å²) in [5.74, 6) is 0.345. The van der Waals surface area contributed by atoms with Crippen LogP contribution in [0.2, 0.25) is 0 Å². The number of benzene rings is 1. The van der Waals surface area contributed by atoms with Crippen molar-refractivity contribution in [2.75, 3.05) is 10.7 Å². The second kappa shape index (κ2) is 6.25. The summed E-state index contributed by atoms with van der Waals surface area (Å²) in [6.45, 7) is 1.47. The molecular weight excluding hydrogens is 242 g/mol. The predicted octanol–water partition coefficient (Wildman–Crippen LogP) is 1.88. The minimum Gasteiger partial charge on any atom is -0.326 e. The summed E-state index contributed by atoms with van der Waals surface area (Å²) in [6.07, 6.45) is 4.91. The number of anilines is 2. The maximum Gasteiger partial charge on any atom is 0.243 e.